The van der Waals surface area contributed by atoms with Gasteiger partial charge in [0.15, 0.2) is 5.13 Å². The SMILES string of the molecule is CCOC(=O)c1cccnc1N1CCCN(c2nc(C)cs2)CC1. The summed E-state index contributed by atoms with van der Waals surface area (Å²) in [5.74, 6) is 0.408. The molecule has 0 aromatic carbocycles. The summed E-state index contributed by atoms with van der Waals surface area (Å²) in [7, 11) is 0. The summed E-state index contributed by atoms with van der Waals surface area (Å²) in [5, 5.41) is 3.15. The Morgan fingerprint density at radius 2 is 2.08 bits per heavy atom. The van der Waals surface area contributed by atoms with Crippen LogP contribution in [0.2, 0.25) is 0 Å². The van der Waals surface area contributed by atoms with Crippen molar-refractivity contribution in [1.29, 1.82) is 0 Å². The van der Waals surface area contributed by atoms with E-state index in [-0.39, 0.29) is 5.97 Å². The fraction of sp³-hybridized carbons (Fsp3) is 0.471. The number of esters is 1. The molecule has 3 rings (SSSR count). The highest BCUT2D eigenvalue weighted by atomic mass is 32.1. The zero-order valence-electron chi connectivity index (χ0n) is 14.1. The number of carbonyl (C=O) groups is 1. The molecule has 1 aliphatic heterocycles. The van der Waals surface area contributed by atoms with E-state index >= 15 is 0 Å². The molecule has 7 heteroatoms. The molecule has 0 amide bonds. The summed E-state index contributed by atoms with van der Waals surface area (Å²) < 4.78 is 5.16. The molecule has 0 saturated carbocycles. The lowest BCUT2D eigenvalue weighted by molar-refractivity contribution is 0.0526. The quantitative estimate of drug-likeness (QED) is 0.794. The lowest BCUT2D eigenvalue weighted by Gasteiger charge is -2.24. The molecular formula is C17H22N4O2S. The summed E-state index contributed by atoms with van der Waals surface area (Å²) in [5.41, 5.74) is 1.60. The molecule has 2 aromatic heterocycles. The van der Waals surface area contributed by atoms with Gasteiger partial charge in [0.2, 0.25) is 0 Å². The van der Waals surface area contributed by atoms with Crippen molar-refractivity contribution in [1.82, 2.24) is 9.97 Å². The highest BCUT2D eigenvalue weighted by Crippen LogP contribution is 2.24. The van der Waals surface area contributed by atoms with E-state index in [1.54, 1.807) is 29.7 Å². The molecule has 0 radical (unpaired) electrons. The second-order valence-electron chi connectivity index (χ2n) is 5.69. The van der Waals surface area contributed by atoms with Gasteiger partial charge < -0.3 is 14.5 Å². The van der Waals surface area contributed by atoms with Crippen LogP contribution in [0.3, 0.4) is 0 Å². The van der Waals surface area contributed by atoms with Gasteiger partial charge in [-0.25, -0.2) is 14.8 Å². The van der Waals surface area contributed by atoms with Gasteiger partial charge in [-0.2, -0.15) is 0 Å². The van der Waals surface area contributed by atoms with Crippen molar-refractivity contribution in [3.8, 4) is 0 Å². The highest BCUT2D eigenvalue weighted by molar-refractivity contribution is 7.13. The van der Waals surface area contributed by atoms with Gasteiger partial charge in [0, 0.05) is 37.8 Å². The molecule has 1 aliphatic rings. The van der Waals surface area contributed by atoms with E-state index in [0.717, 1.165) is 43.4 Å². The fourth-order valence-corrected chi connectivity index (χ4v) is 3.68. The van der Waals surface area contributed by atoms with Gasteiger partial charge in [-0.15, -0.1) is 11.3 Å². The predicted octanol–water partition coefficient (Wildman–Crippen LogP) is 2.74. The molecule has 0 atom stereocenters. The van der Waals surface area contributed by atoms with Crippen LogP contribution in [-0.4, -0.2) is 48.7 Å². The Hall–Kier alpha value is -2.15. The first-order chi connectivity index (χ1) is 11.7. The van der Waals surface area contributed by atoms with Crippen LogP contribution in [0.15, 0.2) is 23.7 Å². The van der Waals surface area contributed by atoms with E-state index in [2.05, 4.69) is 25.1 Å². The maximum Gasteiger partial charge on any atom is 0.341 e. The zero-order valence-corrected chi connectivity index (χ0v) is 14.9. The Bertz CT molecular complexity index is 703. The topological polar surface area (TPSA) is 58.6 Å². The summed E-state index contributed by atoms with van der Waals surface area (Å²) in [6.45, 7) is 7.70. The number of nitrogens with zero attached hydrogens (tertiary/aromatic N) is 4. The van der Waals surface area contributed by atoms with Crippen molar-refractivity contribution in [2.75, 3.05) is 42.6 Å². The van der Waals surface area contributed by atoms with E-state index in [4.69, 9.17) is 4.74 Å². The summed E-state index contributed by atoms with van der Waals surface area (Å²) in [6.07, 6.45) is 2.72. The van der Waals surface area contributed by atoms with Gasteiger partial charge in [-0.3, -0.25) is 0 Å². The van der Waals surface area contributed by atoms with E-state index in [0.29, 0.717) is 18.0 Å². The lowest BCUT2D eigenvalue weighted by atomic mass is 10.2. The molecule has 24 heavy (non-hydrogen) atoms. The van der Waals surface area contributed by atoms with Gasteiger partial charge in [0.05, 0.1) is 12.3 Å². The number of aryl methyl sites for hydroxylation is 1. The number of hydrogen-bond donors (Lipinski definition) is 0. The van der Waals surface area contributed by atoms with Crippen LogP contribution in [0, 0.1) is 6.92 Å². The van der Waals surface area contributed by atoms with Crippen LogP contribution >= 0.6 is 11.3 Å². The van der Waals surface area contributed by atoms with Crippen LogP contribution in [0.5, 0.6) is 0 Å². The van der Waals surface area contributed by atoms with Crippen LogP contribution in [0.1, 0.15) is 29.4 Å². The maximum absolute atomic E-state index is 12.2. The van der Waals surface area contributed by atoms with Crippen molar-refractivity contribution in [2.45, 2.75) is 20.3 Å². The minimum atomic E-state index is -0.308. The number of hydrogen-bond acceptors (Lipinski definition) is 7. The number of ether oxygens (including phenoxy) is 1. The van der Waals surface area contributed by atoms with E-state index in [9.17, 15) is 4.79 Å². The average molecular weight is 346 g/mol. The number of thiazole rings is 1. The summed E-state index contributed by atoms with van der Waals surface area (Å²) in [6, 6.07) is 3.56. The van der Waals surface area contributed by atoms with E-state index in [1.165, 1.54) is 0 Å². The molecule has 0 N–H and O–H groups in total. The predicted molar refractivity (Wildman–Crippen MR) is 96.1 cm³/mol. The number of aromatic nitrogens is 2. The third-order valence-corrected chi connectivity index (χ3v) is 4.97. The molecule has 1 saturated heterocycles. The lowest BCUT2D eigenvalue weighted by Crippen LogP contribution is -2.32. The first-order valence-electron chi connectivity index (χ1n) is 8.23. The van der Waals surface area contributed by atoms with Crippen LogP contribution in [0.25, 0.3) is 0 Å². The van der Waals surface area contributed by atoms with E-state index < -0.39 is 0 Å². The normalized spacial score (nSPS) is 15.2. The van der Waals surface area contributed by atoms with Gasteiger partial charge in [-0.05, 0) is 32.4 Å². The van der Waals surface area contributed by atoms with Gasteiger partial charge in [0.1, 0.15) is 11.4 Å². The first kappa shape index (κ1) is 16.7. The standard InChI is InChI=1S/C17H22N4O2S/c1-3-23-16(22)14-6-4-7-18-15(14)20-8-5-9-21(11-10-20)17-19-13(2)12-24-17/h4,6-7,12H,3,5,8-11H2,1-2H3. The monoisotopic (exact) mass is 346 g/mol. The van der Waals surface area contributed by atoms with Crippen molar-refractivity contribution in [3.05, 3.63) is 35.0 Å². The number of anilines is 2. The average Bonchev–Trinajstić information content (AvgIpc) is 2.88. The molecule has 128 valence electrons. The van der Waals surface area contributed by atoms with Gasteiger partial charge in [0.25, 0.3) is 0 Å². The molecule has 6 nitrogen and oxygen atoms in total. The molecule has 0 unspecified atom stereocenters. The Kier molecular flexibility index (Phi) is 5.30. The van der Waals surface area contributed by atoms with Gasteiger partial charge in [-0.1, -0.05) is 0 Å². The molecule has 0 spiro atoms. The number of carbonyl (C=O) groups excluding carboxylic acids is 1. The van der Waals surface area contributed by atoms with Crippen molar-refractivity contribution >= 4 is 28.3 Å². The van der Waals surface area contributed by atoms with Crippen LogP contribution in [0.4, 0.5) is 10.9 Å². The van der Waals surface area contributed by atoms with E-state index in [1.807, 2.05) is 13.8 Å². The Labute approximate surface area is 146 Å². The Morgan fingerprint density at radius 1 is 1.29 bits per heavy atom. The molecule has 0 aliphatic carbocycles. The molecule has 0 bridgehead atoms. The third kappa shape index (κ3) is 3.67. The Morgan fingerprint density at radius 3 is 2.83 bits per heavy atom. The smallest absolute Gasteiger partial charge is 0.341 e. The number of rotatable bonds is 4. The van der Waals surface area contributed by atoms with Gasteiger partial charge >= 0.3 is 5.97 Å². The molecular weight excluding hydrogens is 324 g/mol. The number of pyridine rings is 1. The van der Waals surface area contributed by atoms with Crippen LogP contribution in [-0.2, 0) is 4.74 Å². The maximum atomic E-state index is 12.2. The molecule has 3 heterocycles. The largest absolute Gasteiger partial charge is 0.462 e. The second kappa shape index (κ2) is 7.61. The van der Waals surface area contributed by atoms with Crippen molar-refractivity contribution < 1.29 is 9.53 Å². The highest BCUT2D eigenvalue weighted by Gasteiger charge is 2.22. The minimum absolute atomic E-state index is 0.308. The zero-order chi connectivity index (χ0) is 16.9. The molecule has 2 aromatic rings. The summed E-state index contributed by atoms with van der Waals surface area (Å²) >= 11 is 1.68. The fourth-order valence-electron chi connectivity index (χ4n) is 2.82. The molecule has 1 fully saturated rings. The Balaban J connectivity index is 1.76. The van der Waals surface area contributed by atoms with Crippen LogP contribution < -0.4 is 9.80 Å². The summed E-state index contributed by atoms with van der Waals surface area (Å²) in [4.78, 5) is 25.7. The first-order valence-corrected chi connectivity index (χ1v) is 9.11. The second-order valence-corrected chi connectivity index (χ2v) is 6.53. The van der Waals surface area contributed by atoms with Crippen molar-refractivity contribution in [3.63, 3.8) is 0 Å². The minimum Gasteiger partial charge on any atom is -0.462 e. The third-order valence-electron chi connectivity index (χ3n) is 3.95. The van der Waals surface area contributed by atoms with Crippen molar-refractivity contribution in [2.24, 2.45) is 0 Å².